The fraction of sp³-hybridized carbons (Fsp3) is 0.273. The van der Waals surface area contributed by atoms with E-state index in [9.17, 15) is 0 Å². The molecule has 2 aromatic rings. The highest BCUT2D eigenvalue weighted by Crippen LogP contribution is 2.32. The molecule has 0 fully saturated rings. The molecule has 1 aliphatic rings. The van der Waals surface area contributed by atoms with Crippen LogP contribution >= 0.6 is 12.2 Å². The standard InChI is InChI=1S/C11H11N3O2S/c1-7-12-13-11(17)14(7)5-8-2-3-9-10(4-8)16-6-15-9/h2-4H,5-6H2,1H3,(H,13,17). The first kappa shape index (κ1) is 10.3. The van der Waals surface area contributed by atoms with Crippen molar-refractivity contribution in [2.45, 2.75) is 13.5 Å². The second-order valence-electron chi connectivity index (χ2n) is 3.85. The molecule has 0 saturated carbocycles. The van der Waals surface area contributed by atoms with E-state index in [0.29, 0.717) is 18.1 Å². The smallest absolute Gasteiger partial charge is 0.231 e. The fourth-order valence-electron chi connectivity index (χ4n) is 1.80. The number of aromatic amines is 1. The first-order chi connectivity index (χ1) is 8.24. The van der Waals surface area contributed by atoms with Crippen molar-refractivity contribution in [2.24, 2.45) is 0 Å². The molecule has 2 heterocycles. The molecule has 0 radical (unpaired) electrons. The van der Waals surface area contributed by atoms with E-state index in [1.54, 1.807) is 0 Å². The third-order valence-electron chi connectivity index (χ3n) is 2.73. The molecular weight excluding hydrogens is 238 g/mol. The van der Waals surface area contributed by atoms with Crippen molar-refractivity contribution < 1.29 is 9.47 Å². The molecule has 0 saturated heterocycles. The Morgan fingerprint density at radius 2 is 2.24 bits per heavy atom. The summed E-state index contributed by atoms with van der Waals surface area (Å²) in [5, 5.41) is 6.84. The normalized spacial score (nSPS) is 13.0. The van der Waals surface area contributed by atoms with Crippen molar-refractivity contribution in [3.63, 3.8) is 0 Å². The molecule has 0 spiro atoms. The van der Waals surface area contributed by atoms with Crippen LogP contribution in [0.4, 0.5) is 0 Å². The summed E-state index contributed by atoms with van der Waals surface area (Å²) in [6, 6.07) is 5.88. The molecule has 0 atom stereocenters. The van der Waals surface area contributed by atoms with Crippen LogP contribution in [0.3, 0.4) is 0 Å². The van der Waals surface area contributed by atoms with Crippen molar-refractivity contribution in [3.8, 4) is 11.5 Å². The van der Waals surface area contributed by atoms with E-state index in [2.05, 4.69) is 10.2 Å². The molecule has 17 heavy (non-hydrogen) atoms. The number of ether oxygens (including phenoxy) is 2. The van der Waals surface area contributed by atoms with Crippen molar-refractivity contribution in [2.75, 3.05) is 6.79 Å². The monoisotopic (exact) mass is 249 g/mol. The molecule has 3 rings (SSSR count). The van der Waals surface area contributed by atoms with E-state index in [1.165, 1.54) is 0 Å². The maximum atomic E-state index is 5.34. The number of H-pyrrole nitrogens is 1. The first-order valence-corrected chi connectivity index (χ1v) is 5.65. The minimum absolute atomic E-state index is 0.295. The topological polar surface area (TPSA) is 52.1 Å². The van der Waals surface area contributed by atoms with Crippen LogP contribution in [0.25, 0.3) is 0 Å². The third kappa shape index (κ3) is 1.80. The van der Waals surface area contributed by atoms with Gasteiger partial charge in [0.25, 0.3) is 0 Å². The maximum absolute atomic E-state index is 5.34. The van der Waals surface area contributed by atoms with Crippen molar-refractivity contribution >= 4 is 12.2 Å². The molecule has 1 N–H and O–H groups in total. The zero-order valence-electron chi connectivity index (χ0n) is 9.27. The molecule has 5 nitrogen and oxygen atoms in total. The summed E-state index contributed by atoms with van der Waals surface area (Å²) >= 11 is 5.16. The summed E-state index contributed by atoms with van der Waals surface area (Å²) in [6.45, 7) is 2.89. The SMILES string of the molecule is Cc1n[nH]c(=S)n1Cc1ccc2c(c1)OCO2. The van der Waals surface area contributed by atoms with Crippen LogP contribution in [0.2, 0.25) is 0 Å². The Hall–Kier alpha value is -1.82. The second-order valence-corrected chi connectivity index (χ2v) is 4.24. The minimum atomic E-state index is 0.295. The van der Waals surface area contributed by atoms with Gasteiger partial charge < -0.3 is 9.47 Å². The van der Waals surface area contributed by atoms with Gasteiger partial charge in [-0.15, -0.1) is 0 Å². The Balaban J connectivity index is 1.94. The number of benzene rings is 1. The van der Waals surface area contributed by atoms with Crippen molar-refractivity contribution in [1.82, 2.24) is 14.8 Å². The van der Waals surface area contributed by atoms with Gasteiger partial charge in [0.1, 0.15) is 5.82 Å². The number of aromatic nitrogens is 3. The summed E-state index contributed by atoms with van der Waals surface area (Å²) < 4.78 is 13.2. The molecule has 1 aromatic heterocycles. The lowest BCUT2D eigenvalue weighted by atomic mass is 10.2. The Morgan fingerprint density at radius 3 is 3.00 bits per heavy atom. The first-order valence-electron chi connectivity index (χ1n) is 5.24. The van der Waals surface area contributed by atoms with Gasteiger partial charge in [0, 0.05) is 0 Å². The number of aryl methyl sites for hydroxylation is 1. The number of nitrogens with zero attached hydrogens (tertiary/aromatic N) is 2. The molecule has 6 heteroatoms. The number of nitrogens with one attached hydrogen (secondary N) is 1. The highest BCUT2D eigenvalue weighted by Gasteiger charge is 2.13. The van der Waals surface area contributed by atoms with Gasteiger partial charge in [-0.3, -0.25) is 9.67 Å². The zero-order chi connectivity index (χ0) is 11.8. The van der Waals surface area contributed by atoms with Crippen LogP contribution < -0.4 is 9.47 Å². The van der Waals surface area contributed by atoms with Gasteiger partial charge in [0.15, 0.2) is 16.3 Å². The Kier molecular flexibility index (Phi) is 2.36. The molecule has 1 aromatic carbocycles. The maximum Gasteiger partial charge on any atom is 0.231 e. The number of fused-ring (bicyclic) bond motifs is 1. The summed E-state index contributed by atoms with van der Waals surface area (Å²) in [6.07, 6.45) is 0. The lowest BCUT2D eigenvalue weighted by Gasteiger charge is -2.05. The number of hydrogen-bond acceptors (Lipinski definition) is 4. The van der Waals surface area contributed by atoms with Crippen molar-refractivity contribution in [3.05, 3.63) is 34.4 Å². The van der Waals surface area contributed by atoms with Gasteiger partial charge in [-0.25, -0.2) is 0 Å². The zero-order valence-corrected chi connectivity index (χ0v) is 10.1. The molecule has 0 aliphatic carbocycles. The van der Waals surface area contributed by atoms with Crippen LogP contribution in [0.15, 0.2) is 18.2 Å². The minimum Gasteiger partial charge on any atom is -0.454 e. The van der Waals surface area contributed by atoms with E-state index in [0.717, 1.165) is 22.9 Å². The van der Waals surface area contributed by atoms with Gasteiger partial charge in [-0.05, 0) is 36.8 Å². The van der Waals surface area contributed by atoms with Crippen LogP contribution in [0.1, 0.15) is 11.4 Å². The number of hydrogen-bond donors (Lipinski definition) is 1. The third-order valence-corrected chi connectivity index (χ3v) is 3.04. The number of rotatable bonds is 2. The Bertz CT molecular complexity index is 617. The predicted molar refractivity (Wildman–Crippen MR) is 63.8 cm³/mol. The summed E-state index contributed by atoms with van der Waals surface area (Å²) in [5.41, 5.74) is 1.11. The van der Waals surface area contributed by atoms with Gasteiger partial charge in [-0.2, -0.15) is 5.10 Å². The lowest BCUT2D eigenvalue weighted by Crippen LogP contribution is -2.02. The van der Waals surface area contributed by atoms with E-state index in [1.807, 2.05) is 29.7 Å². The Labute approximate surface area is 103 Å². The molecule has 0 bridgehead atoms. The molecule has 88 valence electrons. The summed E-state index contributed by atoms with van der Waals surface area (Å²) in [5.74, 6) is 2.45. The van der Waals surface area contributed by atoms with Crippen molar-refractivity contribution in [1.29, 1.82) is 0 Å². The van der Waals surface area contributed by atoms with Crippen LogP contribution in [0.5, 0.6) is 11.5 Å². The van der Waals surface area contributed by atoms with E-state index in [-0.39, 0.29) is 0 Å². The van der Waals surface area contributed by atoms with E-state index < -0.39 is 0 Å². The van der Waals surface area contributed by atoms with Gasteiger partial charge in [-0.1, -0.05) is 6.07 Å². The van der Waals surface area contributed by atoms with E-state index >= 15 is 0 Å². The average Bonchev–Trinajstić information content (AvgIpc) is 2.90. The van der Waals surface area contributed by atoms with Crippen LogP contribution in [-0.4, -0.2) is 21.6 Å². The average molecular weight is 249 g/mol. The Morgan fingerprint density at radius 1 is 1.41 bits per heavy atom. The fourth-order valence-corrected chi connectivity index (χ4v) is 2.05. The highest BCUT2D eigenvalue weighted by molar-refractivity contribution is 7.71. The molecule has 0 unspecified atom stereocenters. The quantitative estimate of drug-likeness (QED) is 0.827. The lowest BCUT2D eigenvalue weighted by molar-refractivity contribution is 0.174. The van der Waals surface area contributed by atoms with Gasteiger partial charge >= 0.3 is 0 Å². The molecule has 1 aliphatic heterocycles. The summed E-state index contributed by atoms with van der Waals surface area (Å²) in [7, 11) is 0. The van der Waals surface area contributed by atoms with Gasteiger partial charge in [0.05, 0.1) is 6.54 Å². The largest absolute Gasteiger partial charge is 0.454 e. The van der Waals surface area contributed by atoms with Gasteiger partial charge in [0.2, 0.25) is 6.79 Å². The highest BCUT2D eigenvalue weighted by atomic mass is 32.1. The molecule has 0 amide bonds. The van der Waals surface area contributed by atoms with Crippen LogP contribution in [-0.2, 0) is 6.54 Å². The predicted octanol–water partition coefficient (Wildman–Crippen LogP) is 2.03. The summed E-state index contributed by atoms with van der Waals surface area (Å²) in [4.78, 5) is 0. The molecular formula is C11H11N3O2S. The van der Waals surface area contributed by atoms with Crippen LogP contribution in [0, 0.1) is 11.7 Å². The second kappa shape index (κ2) is 3.89. The van der Waals surface area contributed by atoms with E-state index in [4.69, 9.17) is 21.7 Å².